The number of nitrogens with zero attached hydrogens (tertiary/aromatic N) is 2. The van der Waals surface area contributed by atoms with Gasteiger partial charge in [-0.25, -0.2) is 4.39 Å². The van der Waals surface area contributed by atoms with Gasteiger partial charge in [-0.15, -0.1) is 11.3 Å². The van der Waals surface area contributed by atoms with Crippen molar-refractivity contribution in [1.29, 1.82) is 0 Å². The summed E-state index contributed by atoms with van der Waals surface area (Å²) < 4.78 is 14.1. The van der Waals surface area contributed by atoms with Gasteiger partial charge in [0.1, 0.15) is 11.5 Å². The number of halogens is 1. The van der Waals surface area contributed by atoms with Gasteiger partial charge < -0.3 is 4.90 Å². The van der Waals surface area contributed by atoms with Crippen LogP contribution in [0.25, 0.3) is 5.57 Å². The molecule has 2 aliphatic rings. The van der Waals surface area contributed by atoms with E-state index in [4.69, 9.17) is 0 Å². The normalized spacial score (nSPS) is 18.7. The van der Waals surface area contributed by atoms with Crippen LogP contribution in [-0.2, 0) is 16.1 Å². The largest absolute Gasteiger partial charge is 0.366 e. The Morgan fingerprint density at radius 2 is 1.81 bits per heavy atom. The van der Waals surface area contributed by atoms with Gasteiger partial charge in [0.05, 0.1) is 12.1 Å². The molecule has 0 saturated carbocycles. The summed E-state index contributed by atoms with van der Waals surface area (Å²) >= 11 is 1.45. The molecule has 0 bridgehead atoms. The van der Waals surface area contributed by atoms with E-state index in [-0.39, 0.29) is 18.4 Å². The Bertz CT molecular complexity index is 899. The van der Waals surface area contributed by atoms with Crippen molar-refractivity contribution in [1.82, 2.24) is 9.80 Å². The van der Waals surface area contributed by atoms with Gasteiger partial charge in [-0.05, 0) is 36.3 Å². The van der Waals surface area contributed by atoms with E-state index < -0.39 is 5.82 Å². The van der Waals surface area contributed by atoms with Crippen molar-refractivity contribution in [3.63, 3.8) is 0 Å². The summed E-state index contributed by atoms with van der Waals surface area (Å²) in [7, 11) is 0. The number of amides is 2. The van der Waals surface area contributed by atoms with Gasteiger partial charge >= 0.3 is 0 Å². The van der Waals surface area contributed by atoms with Crippen LogP contribution in [0.5, 0.6) is 0 Å². The van der Waals surface area contributed by atoms with E-state index in [9.17, 15) is 14.0 Å². The Balaban J connectivity index is 1.70. The third-order valence-corrected chi connectivity index (χ3v) is 6.18. The Morgan fingerprint density at radius 1 is 1.07 bits per heavy atom. The molecule has 27 heavy (non-hydrogen) atoms. The lowest BCUT2D eigenvalue weighted by atomic mass is 9.98. The third-order valence-electron chi connectivity index (χ3n) is 5.30. The van der Waals surface area contributed by atoms with Crippen LogP contribution in [0.3, 0.4) is 0 Å². The fourth-order valence-corrected chi connectivity index (χ4v) is 4.44. The molecular weight excluding hydrogens is 363 g/mol. The number of carbonyl (C=O) groups excluding carboxylic acids is 2. The van der Waals surface area contributed by atoms with Crippen LogP contribution in [0.4, 0.5) is 4.39 Å². The van der Waals surface area contributed by atoms with Crippen LogP contribution in [0.1, 0.15) is 30.2 Å². The standard InChI is InChI=1S/C21H21FN2O2S/c1-14-8-10-23(11-9-14)19-18(17-7-4-12-27-17)20(25)24(21(19)26)13-15-5-2-3-6-16(15)22/h2-7,12,14H,8-11,13H2,1H3. The van der Waals surface area contributed by atoms with Crippen molar-refractivity contribution in [2.24, 2.45) is 5.92 Å². The molecule has 0 spiro atoms. The molecule has 2 aromatic rings. The van der Waals surface area contributed by atoms with E-state index in [0.717, 1.165) is 30.8 Å². The molecular formula is C21H21FN2O2S. The molecule has 2 amide bonds. The minimum absolute atomic E-state index is 0.0487. The van der Waals surface area contributed by atoms with Crippen molar-refractivity contribution >= 4 is 28.7 Å². The lowest BCUT2D eigenvalue weighted by Crippen LogP contribution is -2.38. The Morgan fingerprint density at radius 3 is 2.48 bits per heavy atom. The van der Waals surface area contributed by atoms with Crippen molar-refractivity contribution < 1.29 is 14.0 Å². The van der Waals surface area contributed by atoms with Crippen LogP contribution in [0.15, 0.2) is 47.5 Å². The molecule has 1 fully saturated rings. The van der Waals surface area contributed by atoms with Gasteiger partial charge in [-0.3, -0.25) is 14.5 Å². The Labute approximate surface area is 161 Å². The van der Waals surface area contributed by atoms with Crippen molar-refractivity contribution in [2.45, 2.75) is 26.3 Å². The summed E-state index contributed by atoms with van der Waals surface area (Å²) in [6.45, 7) is 3.68. The highest BCUT2D eigenvalue weighted by molar-refractivity contribution is 7.11. The predicted octanol–water partition coefficient (Wildman–Crippen LogP) is 3.90. The van der Waals surface area contributed by atoms with E-state index >= 15 is 0 Å². The van der Waals surface area contributed by atoms with Crippen LogP contribution >= 0.6 is 11.3 Å². The van der Waals surface area contributed by atoms with E-state index in [1.165, 1.54) is 22.3 Å². The third kappa shape index (κ3) is 3.30. The van der Waals surface area contributed by atoms with Gasteiger partial charge in [-0.2, -0.15) is 0 Å². The number of benzene rings is 1. The molecule has 0 atom stereocenters. The molecule has 0 unspecified atom stereocenters. The lowest BCUT2D eigenvalue weighted by molar-refractivity contribution is -0.138. The van der Waals surface area contributed by atoms with E-state index in [0.29, 0.717) is 22.8 Å². The summed E-state index contributed by atoms with van der Waals surface area (Å²) in [4.78, 5) is 30.4. The number of thiophene rings is 1. The van der Waals surface area contributed by atoms with Crippen LogP contribution in [-0.4, -0.2) is 34.7 Å². The predicted molar refractivity (Wildman–Crippen MR) is 103 cm³/mol. The summed E-state index contributed by atoms with van der Waals surface area (Å²) in [5.41, 5.74) is 1.28. The van der Waals surface area contributed by atoms with E-state index in [2.05, 4.69) is 6.92 Å². The van der Waals surface area contributed by atoms with Gasteiger partial charge in [0.25, 0.3) is 11.8 Å². The summed E-state index contributed by atoms with van der Waals surface area (Å²) in [6, 6.07) is 10.0. The topological polar surface area (TPSA) is 40.6 Å². The monoisotopic (exact) mass is 384 g/mol. The van der Waals surface area contributed by atoms with Gasteiger partial charge in [0.15, 0.2) is 0 Å². The second-order valence-corrected chi connectivity index (χ2v) is 8.11. The molecule has 1 aromatic heterocycles. The maximum Gasteiger partial charge on any atom is 0.278 e. The number of likely N-dealkylation sites (tertiary alicyclic amines) is 1. The van der Waals surface area contributed by atoms with Crippen molar-refractivity contribution in [2.75, 3.05) is 13.1 Å². The average molecular weight is 384 g/mol. The number of piperidine rings is 1. The first kappa shape index (κ1) is 17.9. The van der Waals surface area contributed by atoms with Crippen molar-refractivity contribution in [3.05, 3.63) is 63.7 Å². The smallest absolute Gasteiger partial charge is 0.278 e. The second-order valence-electron chi connectivity index (χ2n) is 7.16. The average Bonchev–Trinajstić information content (AvgIpc) is 3.26. The molecule has 0 N–H and O–H groups in total. The quantitative estimate of drug-likeness (QED) is 0.751. The molecule has 4 rings (SSSR count). The van der Waals surface area contributed by atoms with E-state index in [1.807, 2.05) is 22.4 Å². The first-order chi connectivity index (χ1) is 13.1. The Kier molecular flexibility index (Phi) is 4.83. The summed E-state index contributed by atoms with van der Waals surface area (Å²) in [5, 5.41) is 1.90. The molecule has 4 nitrogen and oxygen atoms in total. The first-order valence-electron chi connectivity index (χ1n) is 9.19. The zero-order valence-corrected chi connectivity index (χ0v) is 16.0. The van der Waals surface area contributed by atoms with Gasteiger partial charge in [0.2, 0.25) is 0 Å². The molecule has 2 aliphatic heterocycles. The highest BCUT2D eigenvalue weighted by Gasteiger charge is 2.42. The van der Waals surface area contributed by atoms with Gasteiger partial charge in [-0.1, -0.05) is 31.2 Å². The highest BCUT2D eigenvalue weighted by Crippen LogP contribution is 2.36. The number of rotatable bonds is 4. The van der Waals surface area contributed by atoms with Crippen LogP contribution < -0.4 is 0 Å². The fraction of sp³-hybridized carbons (Fsp3) is 0.333. The highest BCUT2D eigenvalue weighted by atomic mass is 32.1. The molecule has 0 radical (unpaired) electrons. The Hall–Kier alpha value is -2.47. The molecule has 1 aromatic carbocycles. The number of carbonyl (C=O) groups is 2. The van der Waals surface area contributed by atoms with Gasteiger partial charge in [0, 0.05) is 23.5 Å². The molecule has 1 saturated heterocycles. The van der Waals surface area contributed by atoms with Crippen LogP contribution in [0.2, 0.25) is 0 Å². The SMILES string of the molecule is CC1CCN(C2=C(c3cccs3)C(=O)N(Cc3ccccc3F)C2=O)CC1. The minimum Gasteiger partial charge on any atom is -0.366 e. The molecule has 0 aliphatic carbocycles. The molecule has 6 heteroatoms. The molecule has 3 heterocycles. The second kappa shape index (κ2) is 7.27. The maximum absolute atomic E-state index is 14.1. The maximum atomic E-state index is 14.1. The zero-order chi connectivity index (χ0) is 19.0. The van der Waals surface area contributed by atoms with Crippen molar-refractivity contribution in [3.8, 4) is 0 Å². The number of hydrogen-bond donors (Lipinski definition) is 0. The number of imide groups is 1. The summed E-state index contributed by atoms with van der Waals surface area (Å²) in [6.07, 6.45) is 1.99. The minimum atomic E-state index is -0.406. The fourth-order valence-electron chi connectivity index (χ4n) is 3.67. The van der Waals surface area contributed by atoms with Crippen LogP contribution in [0, 0.1) is 11.7 Å². The lowest BCUT2D eigenvalue weighted by Gasteiger charge is -2.32. The zero-order valence-electron chi connectivity index (χ0n) is 15.2. The summed E-state index contributed by atoms with van der Waals surface area (Å²) in [5.74, 6) is -0.440. The number of hydrogen-bond acceptors (Lipinski definition) is 4. The van der Waals surface area contributed by atoms with E-state index in [1.54, 1.807) is 18.2 Å². The molecule has 140 valence electrons. The first-order valence-corrected chi connectivity index (χ1v) is 10.1.